The van der Waals surface area contributed by atoms with Crippen LogP contribution in [0.15, 0.2) is 41.4 Å². The fourth-order valence-electron chi connectivity index (χ4n) is 1.97. The molecule has 2 heterocycles. The molecule has 0 amide bonds. The van der Waals surface area contributed by atoms with E-state index in [1.165, 1.54) is 6.26 Å². The van der Waals surface area contributed by atoms with Crippen molar-refractivity contribution in [1.29, 1.82) is 0 Å². The van der Waals surface area contributed by atoms with Gasteiger partial charge in [-0.15, -0.1) is 5.10 Å². The van der Waals surface area contributed by atoms with Gasteiger partial charge in [-0.05, 0) is 40.8 Å². The highest BCUT2D eigenvalue weighted by molar-refractivity contribution is 14.1. The van der Waals surface area contributed by atoms with E-state index in [-0.39, 0.29) is 4.90 Å². The summed E-state index contributed by atoms with van der Waals surface area (Å²) in [4.78, 5) is 4.78. The first-order chi connectivity index (χ1) is 9.86. The third-order valence-corrected chi connectivity index (χ3v) is 5.16. The van der Waals surface area contributed by atoms with Gasteiger partial charge in [-0.3, -0.25) is 0 Å². The minimum Gasteiger partial charge on any atom is -0.381 e. The molecule has 0 aliphatic rings. The lowest BCUT2D eigenvalue weighted by Gasteiger charge is -2.04. The Morgan fingerprint density at radius 1 is 1.29 bits per heavy atom. The van der Waals surface area contributed by atoms with Gasteiger partial charge in [0.05, 0.1) is 10.6 Å². The summed E-state index contributed by atoms with van der Waals surface area (Å²) >= 11 is 2.09. The zero-order valence-corrected chi connectivity index (χ0v) is 14.0. The number of anilines is 1. The predicted octanol–water partition coefficient (Wildman–Crippen LogP) is 1.99. The Bertz CT molecular complexity index is 950. The molecule has 21 heavy (non-hydrogen) atoms. The Morgan fingerprint density at radius 3 is 2.76 bits per heavy atom. The number of hydrogen-bond acceptors (Lipinski definition) is 5. The van der Waals surface area contributed by atoms with Crippen LogP contribution in [0, 0.1) is 3.57 Å². The van der Waals surface area contributed by atoms with Gasteiger partial charge in [-0.25, -0.2) is 17.9 Å². The normalized spacial score (nSPS) is 11.9. The molecule has 3 aromatic rings. The summed E-state index contributed by atoms with van der Waals surface area (Å²) in [5, 5.41) is 4.13. The van der Waals surface area contributed by atoms with Crippen LogP contribution in [-0.2, 0) is 9.84 Å². The maximum atomic E-state index is 11.6. The molecule has 0 spiro atoms. The molecule has 0 aliphatic heterocycles. The van der Waals surface area contributed by atoms with Crippen LogP contribution in [0.5, 0.6) is 0 Å². The summed E-state index contributed by atoms with van der Waals surface area (Å²) in [6.07, 6.45) is 2.94. The lowest BCUT2D eigenvalue weighted by atomic mass is 10.1. The van der Waals surface area contributed by atoms with Gasteiger partial charge in [-0.2, -0.15) is 0 Å². The third kappa shape index (κ3) is 2.60. The molecular weight excluding hydrogens is 403 g/mol. The van der Waals surface area contributed by atoms with Gasteiger partial charge in [0.2, 0.25) is 0 Å². The van der Waals surface area contributed by atoms with Crippen molar-refractivity contribution in [2.45, 2.75) is 4.90 Å². The highest BCUT2D eigenvalue weighted by Gasteiger charge is 2.12. The summed E-state index contributed by atoms with van der Waals surface area (Å²) in [5.41, 5.74) is 7.82. The summed E-state index contributed by atoms with van der Waals surface area (Å²) in [6, 6.07) is 8.48. The highest BCUT2D eigenvalue weighted by atomic mass is 127. The Labute approximate surface area is 135 Å². The number of rotatable bonds is 2. The number of sulfone groups is 1. The maximum absolute atomic E-state index is 11.6. The van der Waals surface area contributed by atoms with Crippen molar-refractivity contribution < 1.29 is 8.42 Å². The second-order valence-electron chi connectivity index (χ2n) is 4.58. The second-order valence-corrected chi connectivity index (χ2v) is 7.67. The van der Waals surface area contributed by atoms with Crippen molar-refractivity contribution >= 4 is 43.9 Å². The number of halogens is 1. The van der Waals surface area contributed by atoms with E-state index in [9.17, 15) is 8.42 Å². The van der Waals surface area contributed by atoms with Crippen LogP contribution in [0.4, 0.5) is 5.82 Å². The van der Waals surface area contributed by atoms with Crippen LogP contribution in [0.25, 0.3) is 16.9 Å². The summed E-state index contributed by atoms with van der Waals surface area (Å²) in [6.45, 7) is 0. The van der Waals surface area contributed by atoms with Crippen LogP contribution < -0.4 is 5.73 Å². The number of nitrogen functional groups attached to an aromatic ring is 1. The van der Waals surface area contributed by atoms with Gasteiger partial charge in [-0.1, -0.05) is 12.1 Å². The van der Waals surface area contributed by atoms with E-state index in [0.717, 1.165) is 9.13 Å². The van der Waals surface area contributed by atoms with Crippen molar-refractivity contribution in [3.63, 3.8) is 0 Å². The lowest BCUT2D eigenvalue weighted by molar-refractivity contribution is 0.602. The van der Waals surface area contributed by atoms with Crippen LogP contribution in [0.1, 0.15) is 0 Å². The number of fused-ring (bicyclic) bond motifs is 1. The first-order valence-electron chi connectivity index (χ1n) is 5.97. The Hall–Kier alpha value is -1.68. The Morgan fingerprint density at radius 2 is 2.05 bits per heavy atom. The fourth-order valence-corrected chi connectivity index (χ4v) is 3.11. The Kier molecular flexibility index (Phi) is 3.36. The molecule has 0 saturated carbocycles. The van der Waals surface area contributed by atoms with E-state index in [1.54, 1.807) is 35.0 Å². The quantitative estimate of drug-likeness (QED) is 0.648. The molecular formula is C13H11IN4O2S. The van der Waals surface area contributed by atoms with E-state index in [0.29, 0.717) is 17.2 Å². The predicted molar refractivity (Wildman–Crippen MR) is 88.7 cm³/mol. The zero-order valence-electron chi connectivity index (χ0n) is 11.0. The second kappa shape index (κ2) is 4.95. The molecule has 0 bridgehead atoms. The van der Waals surface area contributed by atoms with Gasteiger partial charge in [0.15, 0.2) is 21.3 Å². The molecule has 0 fully saturated rings. The topological polar surface area (TPSA) is 90.3 Å². The van der Waals surface area contributed by atoms with Crippen LogP contribution in [0.2, 0.25) is 0 Å². The molecule has 2 N–H and O–H groups in total. The molecule has 0 saturated heterocycles. The first kappa shape index (κ1) is 14.3. The number of nitrogens with zero attached hydrogens (tertiary/aromatic N) is 3. The van der Waals surface area contributed by atoms with E-state index in [1.807, 2.05) is 6.07 Å². The fraction of sp³-hybridized carbons (Fsp3) is 0.0769. The minimum atomic E-state index is -3.25. The van der Waals surface area contributed by atoms with Crippen molar-refractivity contribution in [1.82, 2.24) is 14.6 Å². The molecule has 2 aromatic heterocycles. The van der Waals surface area contributed by atoms with Gasteiger partial charge >= 0.3 is 0 Å². The number of benzene rings is 1. The number of hydrogen-bond donors (Lipinski definition) is 1. The highest BCUT2D eigenvalue weighted by Crippen LogP contribution is 2.24. The molecule has 0 atom stereocenters. The van der Waals surface area contributed by atoms with Crippen LogP contribution >= 0.6 is 22.6 Å². The van der Waals surface area contributed by atoms with E-state index >= 15 is 0 Å². The van der Waals surface area contributed by atoms with Crippen LogP contribution in [-0.4, -0.2) is 29.3 Å². The summed E-state index contributed by atoms with van der Waals surface area (Å²) in [5.74, 6) is 0.421. The average molecular weight is 414 g/mol. The molecule has 3 rings (SSSR count). The molecule has 108 valence electrons. The smallest absolute Gasteiger partial charge is 0.175 e. The largest absolute Gasteiger partial charge is 0.381 e. The van der Waals surface area contributed by atoms with E-state index < -0.39 is 9.84 Å². The van der Waals surface area contributed by atoms with Gasteiger partial charge in [0.1, 0.15) is 3.57 Å². The monoisotopic (exact) mass is 414 g/mol. The van der Waals surface area contributed by atoms with E-state index in [2.05, 4.69) is 32.7 Å². The average Bonchev–Trinajstić information content (AvgIpc) is 2.73. The first-order valence-corrected chi connectivity index (χ1v) is 8.94. The van der Waals surface area contributed by atoms with Gasteiger partial charge in [0.25, 0.3) is 0 Å². The van der Waals surface area contributed by atoms with Gasteiger partial charge in [0, 0.05) is 18.0 Å². The molecule has 1 aromatic carbocycles. The minimum absolute atomic E-state index is 0.268. The third-order valence-electron chi connectivity index (χ3n) is 3.01. The molecule has 8 heteroatoms. The lowest BCUT2D eigenvalue weighted by Crippen LogP contribution is -1.98. The molecule has 0 radical (unpaired) electrons. The summed E-state index contributed by atoms with van der Waals surface area (Å²) < 4.78 is 25.6. The maximum Gasteiger partial charge on any atom is 0.175 e. The molecule has 0 aliphatic carbocycles. The Balaban J connectivity index is 2.19. The standard InChI is InChI=1S/C13H11IN4O2S/c1-21(19,20)9-4-2-3-8(7-9)10-5-6-18-13(16-10)11(14)12(15)17-18/h2-7H,1H3,(H2,15,17). The van der Waals surface area contributed by atoms with Crippen molar-refractivity contribution in [3.05, 3.63) is 40.1 Å². The van der Waals surface area contributed by atoms with Crippen molar-refractivity contribution in [2.75, 3.05) is 12.0 Å². The van der Waals surface area contributed by atoms with Crippen LogP contribution in [0.3, 0.4) is 0 Å². The zero-order chi connectivity index (χ0) is 15.2. The number of aromatic nitrogens is 3. The van der Waals surface area contributed by atoms with Crippen molar-refractivity contribution in [2.24, 2.45) is 0 Å². The molecule has 6 nitrogen and oxygen atoms in total. The molecule has 0 unspecified atom stereocenters. The van der Waals surface area contributed by atoms with Gasteiger partial charge < -0.3 is 5.73 Å². The SMILES string of the molecule is CS(=O)(=O)c1cccc(-c2ccn3nc(N)c(I)c3n2)c1. The summed E-state index contributed by atoms with van der Waals surface area (Å²) in [7, 11) is -3.25. The number of nitrogens with two attached hydrogens (primary N) is 1. The van der Waals surface area contributed by atoms with E-state index in [4.69, 9.17) is 5.73 Å². The van der Waals surface area contributed by atoms with Crippen molar-refractivity contribution in [3.8, 4) is 11.3 Å².